The van der Waals surface area contributed by atoms with E-state index >= 15 is 0 Å². The van der Waals surface area contributed by atoms with Crippen LogP contribution in [0, 0.1) is 0 Å². The van der Waals surface area contributed by atoms with E-state index < -0.39 is 10.0 Å². The number of aryl methyl sites for hydroxylation is 1. The van der Waals surface area contributed by atoms with E-state index in [-0.39, 0.29) is 16.5 Å². The van der Waals surface area contributed by atoms with Gasteiger partial charge in [-0.2, -0.15) is 9.40 Å². The van der Waals surface area contributed by atoms with Gasteiger partial charge in [0.15, 0.2) is 0 Å². The van der Waals surface area contributed by atoms with Gasteiger partial charge in [-0.1, -0.05) is 54.1 Å². The first-order valence-corrected chi connectivity index (χ1v) is 11.2. The summed E-state index contributed by atoms with van der Waals surface area (Å²) in [5.74, 6) is 0. The van der Waals surface area contributed by atoms with Crippen LogP contribution >= 0.6 is 11.6 Å². The normalized spacial score (nSPS) is 14.7. The van der Waals surface area contributed by atoms with E-state index in [0.717, 1.165) is 22.5 Å². The Balaban J connectivity index is 1.53. The van der Waals surface area contributed by atoms with Gasteiger partial charge in [0, 0.05) is 37.8 Å². The number of sulfonamides is 1. The Morgan fingerprint density at radius 2 is 1.79 bits per heavy atom. The fourth-order valence-corrected chi connectivity index (χ4v) is 5.50. The first-order valence-electron chi connectivity index (χ1n) is 9.37. The Hall–Kier alpha value is -2.19. The molecule has 0 N–H and O–H groups in total. The molecule has 2 aromatic carbocycles. The Morgan fingerprint density at radius 1 is 1.07 bits per heavy atom. The number of halogens is 1. The summed E-state index contributed by atoms with van der Waals surface area (Å²) in [5.41, 5.74) is 3.83. The van der Waals surface area contributed by atoms with E-state index in [1.54, 1.807) is 24.3 Å². The monoisotopic (exact) mass is 431 g/mol. The number of hydrogen-bond acceptors (Lipinski definition) is 4. The molecule has 0 unspecified atom stereocenters. The highest BCUT2D eigenvalue weighted by Crippen LogP contribution is 2.30. The van der Waals surface area contributed by atoms with E-state index in [0.29, 0.717) is 26.2 Å². The van der Waals surface area contributed by atoms with Crippen molar-refractivity contribution >= 4 is 21.6 Å². The van der Waals surface area contributed by atoms with Crippen LogP contribution in [0.25, 0.3) is 0 Å². The number of fused-ring (bicyclic) bond motifs is 1. The summed E-state index contributed by atoms with van der Waals surface area (Å²) in [4.78, 5) is 0.135. The third-order valence-electron chi connectivity index (χ3n) is 5.10. The quantitative estimate of drug-likeness (QED) is 0.598. The summed E-state index contributed by atoms with van der Waals surface area (Å²) < 4.78 is 35.4. The molecule has 8 heteroatoms. The molecule has 0 radical (unpaired) electrons. The molecule has 6 nitrogen and oxygen atoms in total. The fourth-order valence-electron chi connectivity index (χ4n) is 3.60. The second-order valence-electron chi connectivity index (χ2n) is 6.99. The Bertz CT molecular complexity index is 1110. The zero-order chi connectivity index (χ0) is 20.4. The van der Waals surface area contributed by atoms with Gasteiger partial charge >= 0.3 is 0 Å². The van der Waals surface area contributed by atoms with Crippen LogP contribution in [-0.4, -0.2) is 29.0 Å². The van der Waals surface area contributed by atoms with Gasteiger partial charge in [-0.05, 0) is 17.7 Å². The van der Waals surface area contributed by atoms with Crippen LogP contribution in [0.4, 0.5) is 0 Å². The lowest BCUT2D eigenvalue weighted by Crippen LogP contribution is -2.36. The summed E-state index contributed by atoms with van der Waals surface area (Å²) in [7, 11) is -1.80. The molecule has 0 aliphatic carbocycles. The predicted molar refractivity (Wildman–Crippen MR) is 111 cm³/mol. The zero-order valence-electron chi connectivity index (χ0n) is 16.1. The molecule has 4 rings (SSSR count). The zero-order valence-corrected chi connectivity index (χ0v) is 17.7. The standard InChI is InChI=1S/C21H22ClN3O3S/c1-24-20-11-12-25(29(26,27)21-10-6-5-9-18(21)22)13-17(20)19(23-24)15-28-14-16-7-3-2-4-8-16/h2-10H,11-15H2,1H3. The summed E-state index contributed by atoms with van der Waals surface area (Å²) in [6.07, 6.45) is 0.598. The second-order valence-corrected chi connectivity index (χ2v) is 9.31. The minimum atomic E-state index is -3.68. The van der Waals surface area contributed by atoms with Crippen LogP contribution in [0.15, 0.2) is 59.5 Å². The lowest BCUT2D eigenvalue weighted by Gasteiger charge is -2.27. The molecule has 0 saturated carbocycles. The first kappa shape index (κ1) is 20.1. The van der Waals surface area contributed by atoms with Crippen LogP contribution in [0.5, 0.6) is 0 Å². The lowest BCUT2D eigenvalue weighted by molar-refractivity contribution is 0.103. The number of rotatable bonds is 6. The maximum absolute atomic E-state index is 13.1. The van der Waals surface area contributed by atoms with Crippen LogP contribution < -0.4 is 0 Å². The smallest absolute Gasteiger partial charge is 0.244 e. The molecule has 1 aromatic heterocycles. The summed E-state index contributed by atoms with van der Waals surface area (Å²) in [6.45, 7) is 1.47. The average Bonchev–Trinajstić information content (AvgIpc) is 3.04. The molecule has 0 spiro atoms. The van der Waals surface area contributed by atoms with Gasteiger partial charge in [-0.25, -0.2) is 8.42 Å². The molecule has 1 aliphatic heterocycles. The third kappa shape index (κ3) is 4.09. The van der Waals surface area contributed by atoms with Crippen molar-refractivity contribution in [1.82, 2.24) is 14.1 Å². The Labute approximate surface area is 175 Å². The molecule has 0 bridgehead atoms. The maximum Gasteiger partial charge on any atom is 0.244 e. The van der Waals surface area contributed by atoms with Gasteiger partial charge in [0.2, 0.25) is 10.0 Å². The van der Waals surface area contributed by atoms with Crippen molar-refractivity contribution in [3.05, 3.63) is 82.1 Å². The number of nitrogens with zero attached hydrogens (tertiary/aromatic N) is 3. The molecule has 0 fully saturated rings. The maximum atomic E-state index is 13.1. The molecule has 0 amide bonds. The Kier molecular flexibility index (Phi) is 5.74. The molecule has 1 aliphatic rings. The molecule has 29 heavy (non-hydrogen) atoms. The molecular formula is C21H22ClN3O3S. The predicted octanol–water partition coefficient (Wildman–Crippen LogP) is 3.54. The van der Waals surface area contributed by atoms with E-state index in [1.807, 2.05) is 42.1 Å². The van der Waals surface area contributed by atoms with Crippen LogP contribution in [0.1, 0.15) is 22.5 Å². The first-order chi connectivity index (χ1) is 14.0. The van der Waals surface area contributed by atoms with Crippen molar-refractivity contribution < 1.29 is 13.2 Å². The highest BCUT2D eigenvalue weighted by atomic mass is 35.5. The van der Waals surface area contributed by atoms with E-state index in [4.69, 9.17) is 16.3 Å². The summed E-state index contributed by atoms with van der Waals surface area (Å²) in [6, 6.07) is 16.5. The molecule has 152 valence electrons. The largest absolute Gasteiger partial charge is 0.370 e. The van der Waals surface area contributed by atoms with Crippen molar-refractivity contribution in [3.63, 3.8) is 0 Å². The average molecular weight is 432 g/mol. The summed E-state index contributed by atoms with van der Waals surface area (Å²) in [5, 5.41) is 4.81. The van der Waals surface area contributed by atoms with Gasteiger partial charge in [-0.3, -0.25) is 4.68 Å². The van der Waals surface area contributed by atoms with Crippen molar-refractivity contribution in [2.75, 3.05) is 6.54 Å². The highest BCUT2D eigenvalue weighted by molar-refractivity contribution is 7.89. The number of aromatic nitrogens is 2. The molecule has 2 heterocycles. The number of hydrogen-bond donors (Lipinski definition) is 0. The lowest BCUT2D eigenvalue weighted by atomic mass is 10.1. The van der Waals surface area contributed by atoms with Gasteiger partial charge < -0.3 is 4.74 Å². The van der Waals surface area contributed by atoms with Crippen LogP contribution in [0.2, 0.25) is 5.02 Å². The van der Waals surface area contributed by atoms with Crippen molar-refractivity contribution in [3.8, 4) is 0 Å². The molecular weight excluding hydrogens is 410 g/mol. The van der Waals surface area contributed by atoms with Gasteiger partial charge in [0.25, 0.3) is 0 Å². The molecule has 3 aromatic rings. The van der Waals surface area contributed by atoms with E-state index in [1.165, 1.54) is 4.31 Å². The van der Waals surface area contributed by atoms with Gasteiger partial charge in [0.1, 0.15) is 4.90 Å². The number of ether oxygens (including phenoxy) is 1. The van der Waals surface area contributed by atoms with Gasteiger partial charge in [0.05, 0.1) is 23.9 Å². The van der Waals surface area contributed by atoms with Crippen LogP contribution in [-0.2, 0) is 48.0 Å². The SMILES string of the molecule is Cn1nc(COCc2ccccc2)c2c1CCN(S(=O)(=O)c1ccccc1Cl)C2. The van der Waals surface area contributed by atoms with E-state index in [9.17, 15) is 8.42 Å². The minimum Gasteiger partial charge on any atom is -0.370 e. The second kappa shape index (κ2) is 8.28. The van der Waals surface area contributed by atoms with Gasteiger partial charge in [-0.15, -0.1) is 0 Å². The van der Waals surface area contributed by atoms with E-state index in [2.05, 4.69) is 5.10 Å². The third-order valence-corrected chi connectivity index (χ3v) is 7.44. The van der Waals surface area contributed by atoms with Crippen molar-refractivity contribution in [1.29, 1.82) is 0 Å². The van der Waals surface area contributed by atoms with Crippen molar-refractivity contribution in [2.24, 2.45) is 7.05 Å². The molecule has 0 saturated heterocycles. The molecule has 0 atom stereocenters. The highest BCUT2D eigenvalue weighted by Gasteiger charge is 2.32. The minimum absolute atomic E-state index is 0.135. The van der Waals surface area contributed by atoms with Crippen molar-refractivity contribution in [2.45, 2.75) is 31.1 Å². The summed E-state index contributed by atoms with van der Waals surface area (Å²) >= 11 is 6.15. The fraction of sp³-hybridized carbons (Fsp3) is 0.286. The van der Waals surface area contributed by atoms with Crippen LogP contribution in [0.3, 0.4) is 0 Å². The number of benzene rings is 2. The Morgan fingerprint density at radius 3 is 2.55 bits per heavy atom. The topological polar surface area (TPSA) is 64.4 Å².